The molecule has 82 valence electrons. The van der Waals surface area contributed by atoms with Gasteiger partial charge in [-0.1, -0.05) is 12.2 Å². The van der Waals surface area contributed by atoms with E-state index in [-0.39, 0.29) is 11.5 Å². The molecule has 0 aromatic rings. The molecule has 3 N–H and O–H groups in total. The first-order valence-corrected chi connectivity index (χ1v) is 6.15. The van der Waals surface area contributed by atoms with Crippen LogP contribution in [-0.4, -0.2) is 36.9 Å². The monoisotopic (exact) mass is 238 g/mol. The molecule has 0 unspecified atom stereocenters. The van der Waals surface area contributed by atoms with Gasteiger partial charge in [0.2, 0.25) is 5.91 Å². The molecule has 0 heterocycles. The minimum Gasteiger partial charge on any atom is -0.392 e. The van der Waals surface area contributed by atoms with Gasteiger partial charge in [0.25, 0.3) is 0 Å². The van der Waals surface area contributed by atoms with E-state index < -0.39 is 20.5 Å². The van der Waals surface area contributed by atoms with E-state index in [2.05, 4.69) is 17.5 Å². The first-order valence-electron chi connectivity index (χ1n) is 3.85. The van der Waals surface area contributed by atoms with Gasteiger partial charge in [0.05, 0.1) is 11.5 Å². The average Bonchev–Trinajstić information content (AvgIpc) is 1.97. The summed E-state index contributed by atoms with van der Waals surface area (Å²) in [5, 5.41) is 2.34. The largest absolute Gasteiger partial charge is 0.392 e. The molecule has 0 rings (SSSR count). The first-order chi connectivity index (χ1) is 6.09. The van der Waals surface area contributed by atoms with Gasteiger partial charge in [-0.2, -0.15) is 0 Å². The molecule has 0 radical (unpaired) electrons. The SMILES string of the molecule is CC(C)(C(=O)NCC(N)=S)S(C)(=O)=O. The quantitative estimate of drug-likeness (QED) is 0.627. The van der Waals surface area contributed by atoms with E-state index in [1.165, 1.54) is 13.8 Å². The summed E-state index contributed by atoms with van der Waals surface area (Å²) in [7, 11) is -3.45. The Morgan fingerprint density at radius 1 is 1.50 bits per heavy atom. The fourth-order valence-electron chi connectivity index (χ4n) is 0.549. The molecule has 0 aliphatic heterocycles. The molecule has 0 spiro atoms. The minimum absolute atomic E-state index is 0.00706. The van der Waals surface area contributed by atoms with Gasteiger partial charge in [0.15, 0.2) is 9.84 Å². The Labute approximate surface area is 89.0 Å². The summed E-state index contributed by atoms with van der Waals surface area (Å²) in [6.45, 7) is 2.67. The molecule has 7 heteroatoms. The van der Waals surface area contributed by atoms with Crippen molar-refractivity contribution in [1.29, 1.82) is 0 Å². The normalized spacial score (nSPS) is 12.2. The highest BCUT2D eigenvalue weighted by molar-refractivity contribution is 7.92. The third-order valence-corrected chi connectivity index (χ3v) is 4.08. The summed E-state index contributed by atoms with van der Waals surface area (Å²) in [5.41, 5.74) is 5.16. The first kappa shape index (κ1) is 13.3. The Balaban J connectivity index is 4.62. The van der Waals surface area contributed by atoms with Crippen LogP contribution in [0.1, 0.15) is 13.8 Å². The van der Waals surface area contributed by atoms with Crippen LogP contribution in [0.25, 0.3) is 0 Å². The molecule has 0 aromatic carbocycles. The molecule has 0 aliphatic rings. The van der Waals surface area contributed by atoms with Crippen LogP contribution < -0.4 is 11.1 Å². The Bertz CT molecular complexity index is 346. The molecule has 0 saturated carbocycles. The van der Waals surface area contributed by atoms with Gasteiger partial charge in [-0.25, -0.2) is 8.42 Å². The third kappa shape index (κ3) is 3.22. The second kappa shape index (κ2) is 4.22. The van der Waals surface area contributed by atoms with Crippen molar-refractivity contribution in [2.75, 3.05) is 12.8 Å². The van der Waals surface area contributed by atoms with Gasteiger partial charge in [0.1, 0.15) is 4.75 Å². The van der Waals surface area contributed by atoms with E-state index in [4.69, 9.17) is 5.73 Å². The summed E-state index contributed by atoms with van der Waals surface area (Å²) in [4.78, 5) is 11.5. The second-order valence-corrected chi connectivity index (χ2v) is 6.52. The van der Waals surface area contributed by atoms with Crippen molar-refractivity contribution in [2.45, 2.75) is 18.6 Å². The summed E-state index contributed by atoms with van der Waals surface area (Å²) >= 11 is 4.54. The van der Waals surface area contributed by atoms with Crippen LogP contribution in [0.5, 0.6) is 0 Å². The topological polar surface area (TPSA) is 89.3 Å². The highest BCUT2D eigenvalue weighted by Gasteiger charge is 2.38. The van der Waals surface area contributed by atoms with Crippen LogP contribution in [-0.2, 0) is 14.6 Å². The molecule has 5 nitrogen and oxygen atoms in total. The number of nitrogens with two attached hydrogens (primary N) is 1. The summed E-state index contributed by atoms with van der Waals surface area (Å²) < 4.78 is 21.0. The fourth-order valence-corrected chi connectivity index (χ4v) is 1.03. The number of nitrogens with one attached hydrogen (secondary N) is 1. The smallest absolute Gasteiger partial charge is 0.241 e. The third-order valence-electron chi connectivity index (χ3n) is 1.90. The molecule has 0 aliphatic carbocycles. The molecule has 0 bridgehead atoms. The van der Waals surface area contributed by atoms with E-state index in [9.17, 15) is 13.2 Å². The lowest BCUT2D eigenvalue weighted by Crippen LogP contribution is -2.49. The van der Waals surface area contributed by atoms with Gasteiger partial charge in [-0.05, 0) is 13.8 Å². The maximum atomic E-state index is 11.4. The van der Waals surface area contributed by atoms with Crippen molar-refractivity contribution >= 4 is 33.0 Å². The van der Waals surface area contributed by atoms with Crippen LogP contribution in [0.4, 0.5) is 0 Å². The molecule has 1 amide bonds. The number of amides is 1. The van der Waals surface area contributed by atoms with Gasteiger partial charge < -0.3 is 11.1 Å². The lowest BCUT2D eigenvalue weighted by molar-refractivity contribution is -0.122. The lowest BCUT2D eigenvalue weighted by Gasteiger charge is -2.21. The fraction of sp³-hybridized carbons (Fsp3) is 0.714. The van der Waals surface area contributed by atoms with Crippen LogP contribution in [0.15, 0.2) is 0 Å². The van der Waals surface area contributed by atoms with Crippen LogP contribution in [0.3, 0.4) is 0 Å². The highest BCUT2D eigenvalue weighted by atomic mass is 32.2. The van der Waals surface area contributed by atoms with Crippen LogP contribution >= 0.6 is 12.2 Å². The predicted octanol–water partition coefficient (Wildman–Crippen LogP) is -0.788. The molecule has 0 fully saturated rings. The highest BCUT2D eigenvalue weighted by Crippen LogP contribution is 2.14. The minimum atomic E-state index is -3.45. The number of sulfone groups is 1. The number of thiocarbonyl (C=S) groups is 1. The predicted molar refractivity (Wildman–Crippen MR) is 58.7 cm³/mol. The van der Waals surface area contributed by atoms with E-state index in [1.807, 2.05) is 0 Å². The molecular formula is C7H14N2O3S2. The van der Waals surface area contributed by atoms with Crippen molar-refractivity contribution in [2.24, 2.45) is 5.73 Å². The zero-order chi connectivity index (χ0) is 11.6. The Morgan fingerprint density at radius 3 is 2.21 bits per heavy atom. The second-order valence-electron chi connectivity index (χ2n) is 3.43. The Hall–Kier alpha value is -0.690. The molecule has 0 aromatic heterocycles. The van der Waals surface area contributed by atoms with Crippen molar-refractivity contribution in [3.05, 3.63) is 0 Å². The number of carbonyl (C=O) groups excluding carboxylic acids is 1. The van der Waals surface area contributed by atoms with E-state index in [1.54, 1.807) is 0 Å². The van der Waals surface area contributed by atoms with Crippen LogP contribution in [0, 0.1) is 0 Å². The number of hydrogen-bond donors (Lipinski definition) is 2. The maximum Gasteiger partial charge on any atom is 0.241 e. The Morgan fingerprint density at radius 2 is 1.93 bits per heavy atom. The van der Waals surface area contributed by atoms with Gasteiger partial charge >= 0.3 is 0 Å². The molecule has 0 atom stereocenters. The van der Waals surface area contributed by atoms with E-state index in [0.29, 0.717) is 0 Å². The van der Waals surface area contributed by atoms with E-state index >= 15 is 0 Å². The number of rotatable bonds is 4. The summed E-state index contributed by atoms with van der Waals surface area (Å²) in [6.07, 6.45) is 1.01. The van der Waals surface area contributed by atoms with Crippen molar-refractivity contribution in [3.63, 3.8) is 0 Å². The number of carbonyl (C=O) groups is 1. The van der Waals surface area contributed by atoms with Crippen molar-refractivity contribution in [1.82, 2.24) is 5.32 Å². The van der Waals surface area contributed by atoms with Crippen molar-refractivity contribution < 1.29 is 13.2 Å². The zero-order valence-corrected chi connectivity index (χ0v) is 9.96. The summed E-state index contributed by atoms with van der Waals surface area (Å²) in [6, 6.07) is 0. The van der Waals surface area contributed by atoms with E-state index in [0.717, 1.165) is 6.26 Å². The summed E-state index contributed by atoms with van der Waals surface area (Å²) in [5.74, 6) is -0.604. The number of hydrogen-bond acceptors (Lipinski definition) is 4. The van der Waals surface area contributed by atoms with Crippen LogP contribution in [0.2, 0.25) is 0 Å². The van der Waals surface area contributed by atoms with Gasteiger partial charge in [-0.15, -0.1) is 0 Å². The average molecular weight is 238 g/mol. The maximum absolute atomic E-state index is 11.4. The van der Waals surface area contributed by atoms with Crippen molar-refractivity contribution in [3.8, 4) is 0 Å². The van der Waals surface area contributed by atoms with Gasteiger partial charge in [0, 0.05) is 6.26 Å². The standard InChI is InChI=1S/C7H14N2O3S2/c1-7(2,14(3,11)12)6(10)9-4-5(8)13/h4H2,1-3H3,(H2,8,13)(H,9,10). The zero-order valence-electron chi connectivity index (χ0n) is 8.33. The molecule has 14 heavy (non-hydrogen) atoms. The lowest BCUT2D eigenvalue weighted by atomic mass is 10.2. The Kier molecular flexibility index (Phi) is 4.01. The molecular weight excluding hydrogens is 224 g/mol. The molecule has 0 saturated heterocycles. The van der Waals surface area contributed by atoms with Gasteiger partial charge in [-0.3, -0.25) is 4.79 Å².